The van der Waals surface area contributed by atoms with Gasteiger partial charge in [0.15, 0.2) is 5.43 Å². The van der Waals surface area contributed by atoms with Crippen molar-refractivity contribution in [2.24, 2.45) is 0 Å². The van der Waals surface area contributed by atoms with Crippen LogP contribution in [0.15, 0.2) is 57.7 Å². The fourth-order valence-electron chi connectivity index (χ4n) is 2.69. The summed E-state index contributed by atoms with van der Waals surface area (Å²) in [6, 6.07) is 14.3. The minimum atomic E-state index is -0.0729. The SMILES string of the molecule is COc1ccc(-c2cc(=O)c3ccc(OCCCN(C)C)cc3o2)cc1. The number of fused-ring (bicyclic) bond motifs is 1. The minimum absolute atomic E-state index is 0.0729. The number of nitrogens with zero attached hydrogens (tertiary/aromatic N) is 1. The summed E-state index contributed by atoms with van der Waals surface area (Å²) in [5, 5.41) is 0.544. The van der Waals surface area contributed by atoms with Crippen molar-refractivity contribution in [1.29, 1.82) is 0 Å². The van der Waals surface area contributed by atoms with E-state index in [0.29, 0.717) is 29.1 Å². The van der Waals surface area contributed by atoms with Crippen molar-refractivity contribution in [1.82, 2.24) is 4.90 Å². The molecule has 0 spiro atoms. The standard InChI is InChI=1S/C21H23NO4/c1-22(2)11-4-12-25-17-9-10-18-19(23)14-20(26-21(18)13-17)15-5-7-16(24-3)8-6-15/h5-10,13-14H,4,11-12H2,1-3H3. The summed E-state index contributed by atoms with van der Waals surface area (Å²) < 4.78 is 16.9. The molecule has 3 rings (SSSR count). The first kappa shape index (κ1) is 18.0. The number of hydrogen-bond donors (Lipinski definition) is 0. The molecule has 5 heteroatoms. The van der Waals surface area contributed by atoms with Crippen molar-refractivity contribution >= 4 is 11.0 Å². The number of ether oxygens (including phenoxy) is 2. The van der Waals surface area contributed by atoms with E-state index in [-0.39, 0.29) is 5.43 Å². The van der Waals surface area contributed by atoms with E-state index in [0.717, 1.165) is 24.3 Å². The third-order valence-corrected chi connectivity index (χ3v) is 4.09. The van der Waals surface area contributed by atoms with Gasteiger partial charge in [0.2, 0.25) is 0 Å². The fraction of sp³-hybridized carbons (Fsp3) is 0.286. The van der Waals surface area contributed by atoms with Crippen LogP contribution in [0.3, 0.4) is 0 Å². The zero-order valence-electron chi connectivity index (χ0n) is 15.3. The molecule has 0 saturated heterocycles. The number of methoxy groups -OCH3 is 1. The first-order valence-electron chi connectivity index (χ1n) is 8.56. The Morgan fingerprint density at radius 1 is 1.00 bits per heavy atom. The minimum Gasteiger partial charge on any atom is -0.497 e. The lowest BCUT2D eigenvalue weighted by atomic mass is 10.1. The van der Waals surface area contributed by atoms with E-state index >= 15 is 0 Å². The van der Waals surface area contributed by atoms with Crippen LogP contribution in [-0.2, 0) is 0 Å². The third-order valence-electron chi connectivity index (χ3n) is 4.09. The van der Waals surface area contributed by atoms with E-state index in [1.54, 1.807) is 19.2 Å². The van der Waals surface area contributed by atoms with Gasteiger partial charge in [-0.25, -0.2) is 0 Å². The van der Waals surface area contributed by atoms with Crippen LogP contribution in [0.5, 0.6) is 11.5 Å². The van der Waals surface area contributed by atoms with Gasteiger partial charge >= 0.3 is 0 Å². The van der Waals surface area contributed by atoms with Crippen LogP contribution < -0.4 is 14.9 Å². The molecule has 0 aliphatic rings. The molecule has 0 unspecified atom stereocenters. The fourth-order valence-corrected chi connectivity index (χ4v) is 2.69. The molecule has 0 atom stereocenters. The molecule has 0 radical (unpaired) electrons. The van der Waals surface area contributed by atoms with Gasteiger partial charge < -0.3 is 18.8 Å². The van der Waals surface area contributed by atoms with Gasteiger partial charge in [-0.2, -0.15) is 0 Å². The maximum Gasteiger partial charge on any atom is 0.193 e. The van der Waals surface area contributed by atoms with E-state index in [9.17, 15) is 4.79 Å². The first-order valence-corrected chi connectivity index (χ1v) is 8.56. The summed E-state index contributed by atoms with van der Waals surface area (Å²) in [4.78, 5) is 14.5. The zero-order chi connectivity index (χ0) is 18.5. The summed E-state index contributed by atoms with van der Waals surface area (Å²) in [7, 11) is 5.68. The summed E-state index contributed by atoms with van der Waals surface area (Å²) in [5.74, 6) is 1.98. The Kier molecular flexibility index (Phi) is 5.58. The zero-order valence-corrected chi connectivity index (χ0v) is 15.3. The topological polar surface area (TPSA) is 51.9 Å². The van der Waals surface area contributed by atoms with Gasteiger partial charge in [0, 0.05) is 24.2 Å². The van der Waals surface area contributed by atoms with Crippen LogP contribution in [0.25, 0.3) is 22.3 Å². The smallest absolute Gasteiger partial charge is 0.193 e. The highest BCUT2D eigenvalue weighted by Gasteiger charge is 2.08. The average Bonchev–Trinajstić information content (AvgIpc) is 2.65. The van der Waals surface area contributed by atoms with Crippen LogP contribution in [-0.4, -0.2) is 39.3 Å². The van der Waals surface area contributed by atoms with Gasteiger partial charge in [-0.05, 0) is 56.9 Å². The molecule has 5 nitrogen and oxygen atoms in total. The van der Waals surface area contributed by atoms with Crippen LogP contribution in [0.2, 0.25) is 0 Å². The van der Waals surface area contributed by atoms with E-state index < -0.39 is 0 Å². The van der Waals surface area contributed by atoms with Crippen LogP contribution in [0, 0.1) is 0 Å². The Balaban J connectivity index is 1.86. The average molecular weight is 353 g/mol. The highest BCUT2D eigenvalue weighted by molar-refractivity contribution is 5.80. The summed E-state index contributed by atoms with van der Waals surface area (Å²) in [5.41, 5.74) is 1.27. The maximum absolute atomic E-state index is 12.4. The van der Waals surface area contributed by atoms with Gasteiger partial charge in [-0.3, -0.25) is 4.79 Å². The molecule has 2 aromatic carbocycles. The van der Waals surface area contributed by atoms with Crippen molar-refractivity contribution in [3.8, 4) is 22.8 Å². The Bertz CT molecular complexity index is 929. The lowest BCUT2D eigenvalue weighted by molar-refractivity contribution is 0.281. The quantitative estimate of drug-likeness (QED) is 0.605. The van der Waals surface area contributed by atoms with E-state index in [1.165, 1.54) is 6.07 Å². The van der Waals surface area contributed by atoms with Gasteiger partial charge in [0.1, 0.15) is 22.8 Å². The van der Waals surface area contributed by atoms with Crippen molar-refractivity contribution in [3.63, 3.8) is 0 Å². The number of hydrogen-bond acceptors (Lipinski definition) is 5. The van der Waals surface area contributed by atoms with E-state index in [1.807, 2.05) is 44.4 Å². The molecule has 0 bridgehead atoms. The Labute approximate surface area is 152 Å². The molecular weight excluding hydrogens is 330 g/mol. The molecule has 3 aromatic rings. The third kappa shape index (κ3) is 4.24. The lowest BCUT2D eigenvalue weighted by Crippen LogP contribution is -2.15. The monoisotopic (exact) mass is 353 g/mol. The van der Waals surface area contributed by atoms with Crippen LogP contribution >= 0.6 is 0 Å². The van der Waals surface area contributed by atoms with Gasteiger partial charge in [-0.1, -0.05) is 0 Å². The summed E-state index contributed by atoms with van der Waals surface area (Å²) in [6.45, 7) is 1.58. The van der Waals surface area contributed by atoms with Crippen LogP contribution in [0.4, 0.5) is 0 Å². The molecule has 26 heavy (non-hydrogen) atoms. The Morgan fingerprint density at radius 2 is 1.73 bits per heavy atom. The van der Waals surface area contributed by atoms with Crippen molar-refractivity contribution in [2.75, 3.05) is 34.4 Å². The highest BCUT2D eigenvalue weighted by atomic mass is 16.5. The van der Waals surface area contributed by atoms with Crippen molar-refractivity contribution in [2.45, 2.75) is 6.42 Å². The second-order valence-electron chi connectivity index (χ2n) is 6.37. The number of benzene rings is 2. The van der Waals surface area contributed by atoms with Gasteiger partial charge in [-0.15, -0.1) is 0 Å². The largest absolute Gasteiger partial charge is 0.497 e. The van der Waals surface area contributed by atoms with Crippen molar-refractivity contribution in [3.05, 3.63) is 58.8 Å². The second-order valence-corrected chi connectivity index (χ2v) is 6.37. The lowest BCUT2D eigenvalue weighted by Gasteiger charge is -2.11. The molecule has 0 amide bonds. The Hall–Kier alpha value is -2.79. The summed E-state index contributed by atoms with van der Waals surface area (Å²) in [6.07, 6.45) is 0.931. The molecule has 1 aromatic heterocycles. The van der Waals surface area contributed by atoms with Crippen LogP contribution in [0.1, 0.15) is 6.42 Å². The molecule has 0 aliphatic heterocycles. The number of rotatable bonds is 7. The summed E-state index contributed by atoms with van der Waals surface area (Å²) >= 11 is 0. The highest BCUT2D eigenvalue weighted by Crippen LogP contribution is 2.26. The maximum atomic E-state index is 12.4. The normalized spacial score (nSPS) is 11.1. The van der Waals surface area contributed by atoms with E-state index in [2.05, 4.69) is 4.90 Å². The molecule has 0 saturated carbocycles. The predicted molar refractivity (Wildman–Crippen MR) is 103 cm³/mol. The van der Waals surface area contributed by atoms with E-state index in [4.69, 9.17) is 13.9 Å². The Morgan fingerprint density at radius 3 is 2.42 bits per heavy atom. The second kappa shape index (κ2) is 8.06. The van der Waals surface area contributed by atoms with Gasteiger partial charge in [0.05, 0.1) is 19.1 Å². The molecular formula is C21H23NO4. The predicted octanol–water partition coefficient (Wildman–Crippen LogP) is 3.80. The first-order chi connectivity index (χ1) is 12.6. The molecule has 0 aliphatic carbocycles. The van der Waals surface area contributed by atoms with Gasteiger partial charge in [0.25, 0.3) is 0 Å². The molecule has 1 heterocycles. The van der Waals surface area contributed by atoms with Crippen molar-refractivity contribution < 1.29 is 13.9 Å². The molecule has 136 valence electrons. The molecule has 0 N–H and O–H groups in total. The molecule has 0 fully saturated rings.